The van der Waals surface area contributed by atoms with Crippen molar-refractivity contribution in [2.75, 3.05) is 0 Å². The van der Waals surface area contributed by atoms with Gasteiger partial charge in [-0.15, -0.1) is 0 Å². The second kappa shape index (κ2) is 4.45. The summed E-state index contributed by atoms with van der Waals surface area (Å²) < 4.78 is 0. The summed E-state index contributed by atoms with van der Waals surface area (Å²) in [6.07, 6.45) is 5.54. The number of hydrogen-bond donors (Lipinski definition) is 1. The maximum atomic E-state index is 11.2. The fraction of sp³-hybridized carbons (Fsp3) is 0.818. The van der Waals surface area contributed by atoms with Crippen LogP contribution in [0, 0.1) is 22.7 Å². The minimum atomic E-state index is -1.12. The molecule has 3 heteroatoms. The predicted octanol–water partition coefficient (Wildman–Crippen LogP) is 2.57. The Morgan fingerprint density at radius 3 is 2.43 bits per heavy atom. The molecule has 0 aromatic carbocycles. The summed E-state index contributed by atoms with van der Waals surface area (Å²) >= 11 is 0. The fourth-order valence-electron chi connectivity index (χ4n) is 2.43. The van der Waals surface area contributed by atoms with Gasteiger partial charge in [0.15, 0.2) is 5.41 Å². The van der Waals surface area contributed by atoms with Crippen LogP contribution in [0.1, 0.15) is 45.4 Å². The van der Waals surface area contributed by atoms with Gasteiger partial charge in [-0.2, -0.15) is 5.26 Å². The maximum absolute atomic E-state index is 11.2. The number of carboxylic acid groups (broad SMARTS) is 1. The van der Waals surface area contributed by atoms with Crippen LogP contribution < -0.4 is 0 Å². The van der Waals surface area contributed by atoms with Crippen molar-refractivity contribution in [3.05, 3.63) is 0 Å². The van der Waals surface area contributed by atoms with Crippen LogP contribution in [0.25, 0.3) is 0 Å². The molecule has 1 N–H and O–H groups in total. The van der Waals surface area contributed by atoms with E-state index in [4.69, 9.17) is 10.4 Å². The van der Waals surface area contributed by atoms with Gasteiger partial charge < -0.3 is 5.11 Å². The molecule has 0 aliphatic heterocycles. The number of hydrogen-bond acceptors (Lipinski definition) is 2. The smallest absolute Gasteiger partial charge is 0.324 e. The zero-order valence-corrected chi connectivity index (χ0v) is 8.62. The second-order valence-electron chi connectivity index (χ2n) is 4.08. The minimum Gasteiger partial charge on any atom is -0.480 e. The molecule has 0 amide bonds. The summed E-state index contributed by atoms with van der Waals surface area (Å²) in [5.74, 6) is -0.877. The number of rotatable bonds is 3. The molecule has 78 valence electrons. The lowest BCUT2D eigenvalue weighted by molar-refractivity contribution is -0.149. The predicted molar refractivity (Wildman–Crippen MR) is 52.5 cm³/mol. The summed E-state index contributed by atoms with van der Waals surface area (Å²) in [4.78, 5) is 11.2. The van der Waals surface area contributed by atoms with E-state index in [9.17, 15) is 4.79 Å². The van der Waals surface area contributed by atoms with Crippen LogP contribution in [-0.4, -0.2) is 11.1 Å². The highest BCUT2D eigenvalue weighted by atomic mass is 16.4. The van der Waals surface area contributed by atoms with Gasteiger partial charge in [0.05, 0.1) is 6.07 Å². The first-order valence-electron chi connectivity index (χ1n) is 5.32. The molecule has 0 spiro atoms. The monoisotopic (exact) mass is 195 g/mol. The Morgan fingerprint density at radius 1 is 1.50 bits per heavy atom. The molecule has 0 aromatic heterocycles. The van der Waals surface area contributed by atoms with Gasteiger partial charge in [-0.05, 0) is 25.2 Å². The third kappa shape index (κ3) is 1.75. The molecule has 0 radical (unpaired) electrons. The molecule has 1 rings (SSSR count). The van der Waals surface area contributed by atoms with Crippen LogP contribution in [0.4, 0.5) is 0 Å². The first kappa shape index (κ1) is 11.0. The van der Waals surface area contributed by atoms with Gasteiger partial charge in [0.25, 0.3) is 0 Å². The Kier molecular flexibility index (Phi) is 3.51. The van der Waals surface area contributed by atoms with Crippen LogP contribution in [0.3, 0.4) is 0 Å². The highest BCUT2D eigenvalue weighted by Crippen LogP contribution is 2.40. The third-order valence-electron chi connectivity index (χ3n) is 3.44. The second-order valence-corrected chi connectivity index (χ2v) is 4.08. The van der Waals surface area contributed by atoms with Crippen molar-refractivity contribution in [1.29, 1.82) is 5.26 Å². The van der Waals surface area contributed by atoms with E-state index in [0.717, 1.165) is 25.7 Å². The molecule has 0 aromatic rings. The highest BCUT2D eigenvalue weighted by Gasteiger charge is 2.44. The fourth-order valence-corrected chi connectivity index (χ4v) is 2.43. The van der Waals surface area contributed by atoms with E-state index in [1.807, 2.05) is 6.07 Å². The maximum Gasteiger partial charge on any atom is 0.324 e. The number of carbonyl (C=O) groups is 1. The molecule has 0 saturated heterocycles. The Labute approximate surface area is 84.7 Å². The molecular weight excluding hydrogens is 178 g/mol. The average Bonchev–Trinajstić information content (AvgIpc) is 2.22. The van der Waals surface area contributed by atoms with Gasteiger partial charge in [-0.25, -0.2) is 0 Å². The molecule has 14 heavy (non-hydrogen) atoms. The highest BCUT2D eigenvalue weighted by molar-refractivity contribution is 5.78. The van der Waals surface area contributed by atoms with Crippen molar-refractivity contribution in [3.63, 3.8) is 0 Å². The number of carboxylic acids is 1. The quantitative estimate of drug-likeness (QED) is 0.752. The number of nitriles is 1. The van der Waals surface area contributed by atoms with E-state index in [1.54, 1.807) is 6.92 Å². The molecule has 1 saturated carbocycles. The van der Waals surface area contributed by atoms with Gasteiger partial charge in [-0.1, -0.05) is 26.2 Å². The van der Waals surface area contributed by atoms with Crippen molar-refractivity contribution in [2.24, 2.45) is 11.3 Å². The summed E-state index contributed by atoms with van der Waals surface area (Å²) in [5.41, 5.74) is -1.12. The topological polar surface area (TPSA) is 61.1 Å². The molecule has 1 atom stereocenters. The van der Waals surface area contributed by atoms with Crippen molar-refractivity contribution in [3.8, 4) is 6.07 Å². The zero-order valence-electron chi connectivity index (χ0n) is 8.62. The third-order valence-corrected chi connectivity index (χ3v) is 3.44. The standard InChI is InChI=1S/C11H17NO2/c1-2-11(8-12,10(13)14)9-6-4-3-5-7-9/h9H,2-7H2,1H3,(H,13,14). The van der Waals surface area contributed by atoms with Crippen molar-refractivity contribution >= 4 is 5.97 Å². The molecular formula is C11H17NO2. The SMILES string of the molecule is CCC(C#N)(C(=O)O)C1CCCCC1. The lowest BCUT2D eigenvalue weighted by atomic mass is 9.68. The first-order chi connectivity index (χ1) is 6.67. The summed E-state index contributed by atoms with van der Waals surface area (Å²) in [7, 11) is 0. The van der Waals surface area contributed by atoms with Crippen molar-refractivity contribution in [2.45, 2.75) is 45.4 Å². The molecule has 1 aliphatic carbocycles. The zero-order chi connectivity index (χ0) is 10.6. The van der Waals surface area contributed by atoms with Gasteiger partial charge in [0.2, 0.25) is 0 Å². The Bertz CT molecular complexity index is 251. The molecule has 1 unspecified atom stereocenters. The van der Waals surface area contributed by atoms with Crippen LogP contribution in [-0.2, 0) is 4.79 Å². The van der Waals surface area contributed by atoms with E-state index in [2.05, 4.69) is 0 Å². The first-order valence-corrected chi connectivity index (χ1v) is 5.32. The van der Waals surface area contributed by atoms with E-state index in [1.165, 1.54) is 6.42 Å². The van der Waals surface area contributed by atoms with E-state index >= 15 is 0 Å². The molecule has 1 aliphatic rings. The van der Waals surface area contributed by atoms with Crippen LogP contribution in [0.15, 0.2) is 0 Å². The summed E-state index contributed by atoms with van der Waals surface area (Å²) in [6.45, 7) is 1.80. The Hall–Kier alpha value is -1.04. The molecule has 1 fully saturated rings. The van der Waals surface area contributed by atoms with Gasteiger partial charge in [0.1, 0.15) is 0 Å². The van der Waals surface area contributed by atoms with Gasteiger partial charge >= 0.3 is 5.97 Å². The van der Waals surface area contributed by atoms with Crippen LogP contribution in [0.5, 0.6) is 0 Å². The summed E-state index contributed by atoms with van der Waals surface area (Å²) in [5, 5.41) is 18.2. The van der Waals surface area contributed by atoms with Crippen LogP contribution in [0.2, 0.25) is 0 Å². The van der Waals surface area contributed by atoms with Gasteiger partial charge in [0, 0.05) is 0 Å². The average molecular weight is 195 g/mol. The minimum absolute atomic E-state index is 0.0590. The van der Waals surface area contributed by atoms with Crippen molar-refractivity contribution < 1.29 is 9.90 Å². The molecule has 0 bridgehead atoms. The number of nitrogens with zero attached hydrogens (tertiary/aromatic N) is 1. The normalized spacial score (nSPS) is 22.3. The van der Waals surface area contributed by atoms with E-state index in [-0.39, 0.29) is 5.92 Å². The largest absolute Gasteiger partial charge is 0.480 e. The van der Waals surface area contributed by atoms with E-state index in [0.29, 0.717) is 6.42 Å². The Balaban J connectivity index is 2.85. The van der Waals surface area contributed by atoms with Crippen LogP contribution >= 0.6 is 0 Å². The lowest BCUT2D eigenvalue weighted by Gasteiger charge is -2.33. The molecule has 0 heterocycles. The Morgan fingerprint density at radius 2 is 2.07 bits per heavy atom. The van der Waals surface area contributed by atoms with E-state index < -0.39 is 11.4 Å². The lowest BCUT2D eigenvalue weighted by Crippen LogP contribution is -2.38. The van der Waals surface area contributed by atoms with Crippen molar-refractivity contribution in [1.82, 2.24) is 0 Å². The van der Waals surface area contributed by atoms with Gasteiger partial charge in [-0.3, -0.25) is 4.79 Å². The number of aliphatic carboxylic acids is 1. The summed E-state index contributed by atoms with van der Waals surface area (Å²) in [6, 6.07) is 2.03. The molecule has 3 nitrogen and oxygen atoms in total.